The first-order valence-electron chi connectivity index (χ1n) is 3.78. The molecule has 0 atom stereocenters. The SMILES string of the molecule is Cc1nnc(NC(=O)NCC(F)(F)F)o1. The third-order valence-corrected chi connectivity index (χ3v) is 1.20. The molecule has 0 radical (unpaired) electrons. The summed E-state index contributed by atoms with van der Waals surface area (Å²) < 4.78 is 39.7. The number of nitrogens with one attached hydrogen (secondary N) is 2. The summed E-state index contributed by atoms with van der Waals surface area (Å²) in [5, 5.41) is 10.3. The van der Waals surface area contributed by atoms with E-state index in [0.29, 0.717) is 0 Å². The Morgan fingerprint density at radius 2 is 2.13 bits per heavy atom. The van der Waals surface area contributed by atoms with Gasteiger partial charge in [0.15, 0.2) is 0 Å². The largest absolute Gasteiger partial charge is 0.408 e. The number of halogens is 3. The van der Waals surface area contributed by atoms with Gasteiger partial charge in [-0.3, -0.25) is 5.32 Å². The lowest BCUT2D eigenvalue weighted by atomic mass is 10.6. The van der Waals surface area contributed by atoms with Gasteiger partial charge in [0.25, 0.3) is 0 Å². The molecule has 6 nitrogen and oxygen atoms in total. The van der Waals surface area contributed by atoms with Gasteiger partial charge >= 0.3 is 18.2 Å². The summed E-state index contributed by atoms with van der Waals surface area (Å²) in [6.07, 6.45) is -4.46. The summed E-state index contributed by atoms with van der Waals surface area (Å²) in [5.74, 6) is 0.195. The maximum absolute atomic E-state index is 11.7. The summed E-state index contributed by atoms with van der Waals surface area (Å²) in [4.78, 5) is 10.8. The fraction of sp³-hybridized carbons (Fsp3) is 0.500. The van der Waals surface area contributed by atoms with Crippen molar-refractivity contribution in [2.24, 2.45) is 0 Å². The van der Waals surface area contributed by atoms with Crippen LogP contribution >= 0.6 is 0 Å². The number of hydrogen-bond acceptors (Lipinski definition) is 4. The fourth-order valence-corrected chi connectivity index (χ4v) is 0.669. The van der Waals surface area contributed by atoms with Gasteiger partial charge in [0.05, 0.1) is 0 Å². The molecule has 0 saturated heterocycles. The first-order valence-corrected chi connectivity index (χ1v) is 3.78. The first-order chi connectivity index (χ1) is 6.87. The second-order valence-electron chi connectivity index (χ2n) is 2.55. The summed E-state index contributed by atoms with van der Waals surface area (Å²) in [6, 6.07) is -1.32. The zero-order valence-corrected chi connectivity index (χ0v) is 7.55. The van der Waals surface area contributed by atoms with Crippen molar-refractivity contribution in [3.05, 3.63) is 5.89 Å². The number of rotatable bonds is 2. The second-order valence-corrected chi connectivity index (χ2v) is 2.55. The molecule has 1 aromatic rings. The van der Waals surface area contributed by atoms with Crippen LogP contribution in [0.5, 0.6) is 0 Å². The van der Waals surface area contributed by atoms with Crippen LogP contribution in [-0.2, 0) is 0 Å². The van der Waals surface area contributed by atoms with Crippen LogP contribution in [0.25, 0.3) is 0 Å². The van der Waals surface area contributed by atoms with E-state index in [0.717, 1.165) is 0 Å². The van der Waals surface area contributed by atoms with Crippen molar-refractivity contribution in [1.82, 2.24) is 15.5 Å². The van der Waals surface area contributed by atoms with Gasteiger partial charge in [0.1, 0.15) is 6.54 Å². The van der Waals surface area contributed by atoms with Crippen LogP contribution in [0.15, 0.2) is 4.42 Å². The highest BCUT2D eigenvalue weighted by molar-refractivity contribution is 5.86. The molecule has 0 spiro atoms. The Bertz CT molecular complexity index is 348. The molecule has 2 N–H and O–H groups in total. The lowest BCUT2D eigenvalue weighted by Gasteiger charge is -2.07. The number of anilines is 1. The third kappa shape index (κ3) is 4.29. The highest BCUT2D eigenvalue weighted by Crippen LogP contribution is 2.12. The van der Waals surface area contributed by atoms with E-state index in [-0.39, 0.29) is 11.9 Å². The molecule has 2 amide bonds. The summed E-state index contributed by atoms with van der Waals surface area (Å²) >= 11 is 0. The summed E-state index contributed by atoms with van der Waals surface area (Å²) in [5.41, 5.74) is 0. The second kappa shape index (κ2) is 4.15. The fourth-order valence-electron chi connectivity index (χ4n) is 0.669. The van der Waals surface area contributed by atoms with Crippen molar-refractivity contribution in [2.75, 3.05) is 11.9 Å². The van der Waals surface area contributed by atoms with Crippen LogP contribution in [0.2, 0.25) is 0 Å². The zero-order valence-electron chi connectivity index (χ0n) is 7.55. The molecule has 0 bridgehead atoms. The van der Waals surface area contributed by atoms with E-state index < -0.39 is 18.8 Å². The number of aryl methyl sites for hydroxylation is 1. The van der Waals surface area contributed by atoms with E-state index in [9.17, 15) is 18.0 Å². The number of alkyl halides is 3. The third-order valence-electron chi connectivity index (χ3n) is 1.20. The summed E-state index contributed by atoms with van der Waals surface area (Å²) in [7, 11) is 0. The lowest BCUT2D eigenvalue weighted by molar-refractivity contribution is -0.122. The average Bonchev–Trinajstić information content (AvgIpc) is 2.47. The Hall–Kier alpha value is -1.80. The molecular weight excluding hydrogens is 217 g/mol. The number of hydrogen-bond donors (Lipinski definition) is 2. The van der Waals surface area contributed by atoms with E-state index in [1.807, 2.05) is 5.32 Å². The van der Waals surface area contributed by atoms with Gasteiger partial charge in [0, 0.05) is 6.92 Å². The highest BCUT2D eigenvalue weighted by Gasteiger charge is 2.27. The maximum Gasteiger partial charge on any atom is 0.405 e. The Morgan fingerprint density at radius 3 is 2.60 bits per heavy atom. The van der Waals surface area contributed by atoms with Crippen LogP contribution in [0.1, 0.15) is 5.89 Å². The summed E-state index contributed by atoms with van der Waals surface area (Å²) in [6.45, 7) is 0.0533. The molecule has 0 aliphatic carbocycles. The van der Waals surface area contributed by atoms with Gasteiger partial charge < -0.3 is 9.73 Å². The monoisotopic (exact) mass is 224 g/mol. The molecule has 84 valence electrons. The minimum absolute atomic E-state index is 0.195. The Kier molecular flexibility index (Phi) is 3.12. The zero-order chi connectivity index (χ0) is 11.5. The molecule has 0 unspecified atom stereocenters. The average molecular weight is 224 g/mol. The molecule has 1 heterocycles. The van der Waals surface area contributed by atoms with Gasteiger partial charge in [-0.1, -0.05) is 5.10 Å². The molecule has 1 rings (SSSR count). The van der Waals surface area contributed by atoms with Gasteiger partial charge in [0.2, 0.25) is 5.89 Å². The molecular formula is C6H7F3N4O2. The molecule has 0 fully saturated rings. The van der Waals surface area contributed by atoms with Gasteiger partial charge in [-0.2, -0.15) is 13.2 Å². The Balaban J connectivity index is 2.37. The van der Waals surface area contributed by atoms with Crippen molar-refractivity contribution in [2.45, 2.75) is 13.1 Å². The van der Waals surface area contributed by atoms with Crippen molar-refractivity contribution in [3.63, 3.8) is 0 Å². The number of carbonyl (C=O) groups is 1. The molecule has 0 aliphatic rings. The van der Waals surface area contributed by atoms with E-state index in [2.05, 4.69) is 10.2 Å². The molecule has 0 aliphatic heterocycles. The smallest absolute Gasteiger partial charge is 0.405 e. The normalized spacial score (nSPS) is 11.2. The quantitative estimate of drug-likeness (QED) is 0.787. The van der Waals surface area contributed by atoms with Crippen molar-refractivity contribution in [3.8, 4) is 0 Å². The standard InChI is InChI=1S/C6H7F3N4O2/c1-3-12-13-5(15-3)11-4(14)10-2-6(7,8)9/h2H2,1H3,(H2,10,11,13,14). The predicted octanol–water partition coefficient (Wildman–Crippen LogP) is 1.06. The van der Waals surface area contributed by atoms with E-state index in [1.165, 1.54) is 6.92 Å². The van der Waals surface area contributed by atoms with Crippen molar-refractivity contribution < 1.29 is 22.4 Å². The number of aromatic nitrogens is 2. The highest BCUT2D eigenvalue weighted by atomic mass is 19.4. The Morgan fingerprint density at radius 1 is 1.47 bits per heavy atom. The predicted molar refractivity (Wildman–Crippen MR) is 42.1 cm³/mol. The van der Waals surface area contributed by atoms with Crippen LogP contribution in [-0.4, -0.2) is 28.9 Å². The van der Waals surface area contributed by atoms with Crippen molar-refractivity contribution >= 4 is 12.0 Å². The van der Waals surface area contributed by atoms with E-state index in [1.54, 1.807) is 5.32 Å². The van der Waals surface area contributed by atoms with Crippen molar-refractivity contribution in [1.29, 1.82) is 0 Å². The molecule has 0 aromatic carbocycles. The van der Waals surface area contributed by atoms with Crippen LogP contribution < -0.4 is 10.6 Å². The van der Waals surface area contributed by atoms with Gasteiger partial charge in [-0.15, -0.1) is 5.10 Å². The number of nitrogens with zero attached hydrogens (tertiary/aromatic N) is 2. The maximum atomic E-state index is 11.7. The van der Waals surface area contributed by atoms with Crippen LogP contribution in [0.4, 0.5) is 24.0 Å². The number of urea groups is 1. The molecule has 0 saturated carbocycles. The van der Waals surface area contributed by atoms with Crippen LogP contribution in [0.3, 0.4) is 0 Å². The van der Waals surface area contributed by atoms with E-state index in [4.69, 9.17) is 4.42 Å². The minimum atomic E-state index is -4.46. The molecule has 9 heteroatoms. The first kappa shape index (κ1) is 11.3. The topological polar surface area (TPSA) is 80.0 Å². The van der Waals surface area contributed by atoms with Gasteiger partial charge in [-0.25, -0.2) is 4.79 Å². The lowest BCUT2D eigenvalue weighted by Crippen LogP contribution is -2.36. The molecule has 1 aromatic heterocycles. The number of amides is 2. The number of carbonyl (C=O) groups excluding carboxylic acids is 1. The van der Waals surface area contributed by atoms with E-state index >= 15 is 0 Å². The minimum Gasteiger partial charge on any atom is -0.408 e. The van der Waals surface area contributed by atoms with Crippen LogP contribution in [0, 0.1) is 6.92 Å². The Labute approximate surface area is 81.9 Å². The van der Waals surface area contributed by atoms with Gasteiger partial charge in [-0.05, 0) is 0 Å². The molecule has 15 heavy (non-hydrogen) atoms.